The quantitative estimate of drug-likeness (QED) is 0.225. The fourth-order valence-corrected chi connectivity index (χ4v) is 4.26. The van der Waals surface area contributed by atoms with Gasteiger partial charge in [0.2, 0.25) is 0 Å². The molecule has 4 aromatic rings. The van der Waals surface area contributed by atoms with E-state index in [1.165, 1.54) is 24.9 Å². The van der Waals surface area contributed by atoms with Crippen LogP contribution in [0.25, 0.3) is 17.5 Å². The van der Waals surface area contributed by atoms with Crippen LogP contribution in [0.3, 0.4) is 0 Å². The zero-order chi connectivity index (χ0) is 22.5. The minimum absolute atomic E-state index is 0.0381. The van der Waals surface area contributed by atoms with E-state index in [4.69, 9.17) is 25.2 Å². The summed E-state index contributed by atoms with van der Waals surface area (Å²) >= 11 is 8.31. The van der Waals surface area contributed by atoms with Crippen molar-refractivity contribution in [2.24, 2.45) is 0 Å². The van der Waals surface area contributed by atoms with Crippen molar-refractivity contribution in [2.75, 3.05) is 7.11 Å². The summed E-state index contributed by atoms with van der Waals surface area (Å²) in [5, 5.41) is 18.7. The standard InChI is InChI=1S/C22H15ClN2O5S2/c1-28-17-9-7-13(23)11-16(17)20-24-25-22(30-20)32-18(21(26)27)12-14-8-10-19(29-14)31-15-5-3-2-4-6-15/h2-12H,1H3,(H,26,27)/b18-12-. The molecule has 0 unspecified atom stereocenters. The van der Waals surface area contributed by atoms with Gasteiger partial charge >= 0.3 is 5.97 Å². The number of rotatable bonds is 8. The molecule has 0 saturated heterocycles. The Kier molecular flexibility index (Phi) is 6.89. The zero-order valence-corrected chi connectivity index (χ0v) is 18.9. The third-order valence-electron chi connectivity index (χ3n) is 4.04. The molecule has 0 spiro atoms. The lowest BCUT2D eigenvalue weighted by Crippen LogP contribution is -1.96. The fraction of sp³-hybridized carbons (Fsp3) is 0.0455. The Bertz CT molecular complexity index is 1270. The number of carboxylic acid groups (broad SMARTS) is 1. The highest BCUT2D eigenvalue weighted by Crippen LogP contribution is 2.35. The number of benzene rings is 2. The second-order valence-electron chi connectivity index (χ2n) is 6.21. The summed E-state index contributed by atoms with van der Waals surface area (Å²) in [5.41, 5.74) is 0.508. The molecule has 0 atom stereocenters. The largest absolute Gasteiger partial charge is 0.496 e. The van der Waals surface area contributed by atoms with Crippen LogP contribution in [0.4, 0.5) is 0 Å². The van der Waals surface area contributed by atoms with Crippen molar-refractivity contribution in [1.82, 2.24) is 10.2 Å². The minimum Gasteiger partial charge on any atom is -0.496 e. The molecular formula is C22H15ClN2O5S2. The number of thioether (sulfide) groups is 1. The van der Waals surface area contributed by atoms with Crippen molar-refractivity contribution >= 4 is 47.2 Å². The Hall–Kier alpha value is -3.14. The number of furan rings is 1. The molecule has 2 aromatic heterocycles. The summed E-state index contributed by atoms with van der Waals surface area (Å²) in [6.07, 6.45) is 1.41. The number of nitrogens with zero attached hydrogens (tertiary/aromatic N) is 2. The summed E-state index contributed by atoms with van der Waals surface area (Å²) < 4.78 is 16.7. The van der Waals surface area contributed by atoms with Crippen molar-refractivity contribution < 1.29 is 23.5 Å². The molecule has 0 aliphatic heterocycles. The molecule has 4 rings (SSSR count). The van der Waals surface area contributed by atoms with E-state index >= 15 is 0 Å². The second kappa shape index (κ2) is 9.99. The Morgan fingerprint density at radius 2 is 1.91 bits per heavy atom. The molecular weight excluding hydrogens is 472 g/mol. The predicted molar refractivity (Wildman–Crippen MR) is 122 cm³/mol. The van der Waals surface area contributed by atoms with Gasteiger partial charge in [0.05, 0.1) is 12.7 Å². The predicted octanol–water partition coefficient (Wildman–Crippen LogP) is 6.36. The number of aromatic nitrogens is 2. The van der Waals surface area contributed by atoms with Crippen LogP contribution in [0.2, 0.25) is 5.02 Å². The van der Waals surface area contributed by atoms with Gasteiger partial charge in [-0.05, 0) is 54.2 Å². The Labute approximate surface area is 196 Å². The molecule has 2 heterocycles. The van der Waals surface area contributed by atoms with Crippen LogP contribution in [0.5, 0.6) is 5.75 Å². The molecule has 0 aliphatic carbocycles. The summed E-state index contributed by atoms with van der Waals surface area (Å²) in [6.45, 7) is 0. The maximum Gasteiger partial charge on any atom is 0.342 e. The van der Waals surface area contributed by atoms with Crippen LogP contribution in [-0.2, 0) is 4.79 Å². The number of methoxy groups -OCH3 is 1. The summed E-state index contributed by atoms with van der Waals surface area (Å²) in [5.74, 6) is -0.0907. The average Bonchev–Trinajstić information content (AvgIpc) is 3.43. The highest BCUT2D eigenvalue weighted by molar-refractivity contribution is 8.03. The molecule has 0 fully saturated rings. The Morgan fingerprint density at radius 3 is 2.66 bits per heavy atom. The van der Waals surface area contributed by atoms with Crippen LogP contribution < -0.4 is 4.74 Å². The monoisotopic (exact) mass is 486 g/mol. The first-order valence-electron chi connectivity index (χ1n) is 9.15. The van der Waals surface area contributed by atoms with Crippen LogP contribution in [0, 0.1) is 0 Å². The zero-order valence-electron chi connectivity index (χ0n) is 16.5. The van der Waals surface area contributed by atoms with Crippen LogP contribution >= 0.6 is 35.1 Å². The van der Waals surface area contributed by atoms with Crippen LogP contribution in [0.1, 0.15) is 5.76 Å². The van der Waals surface area contributed by atoms with E-state index in [9.17, 15) is 9.90 Å². The lowest BCUT2D eigenvalue weighted by molar-refractivity contribution is -0.131. The van der Waals surface area contributed by atoms with Crippen LogP contribution in [0.15, 0.2) is 89.6 Å². The molecule has 0 radical (unpaired) electrons. The van der Waals surface area contributed by atoms with Crippen molar-refractivity contribution in [3.8, 4) is 17.2 Å². The van der Waals surface area contributed by atoms with Gasteiger partial charge in [-0.3, -0.25) is 0 Å². The van der Waals surface area contributed by atoms with Gasteiger partial charge in [-0.2, -0.15) is 0 Å². The number of carbonyl (C=O) groups is 1. The molecule has 7 nitrogen and oxygen atoms in total. The maximum atomic E-state index is 11.8. The fourth-order valence-electron chi connectivity index (χ4n) is 2.64. The van der Waals surface area contributed by atoms with E-state index in [-0.39, 0.29) is 16.0 Å². The van der Waals surface area contributed by atoms with Gasteiger partial charge in [0.15, 0.2) is 5.09 Å². The van der Waals surface area contributed by atoms with Crippen molar-refractivity contribution in [3.05, 3.63) is 76.4 Å². The van der Waals surface area contributed by atoms with E-state index < -0.39 is 5.97 Å². The molecule has 2 aromatic carbocycles. The summed E-state index contributed by atoms with van der Waals surface area (Å²) in [4.78, 5) is 12.7. The first-order chi connectivity index (χ1) is 15.5. The summed E-state index contributed by atoms with van der Waals surface area (Å²) in [6, 6.07) is 18.2. The molecule has 1 N–H and O–H groups in total. The van der Waals surface area contributed by atoms with Crippen LogP contribution in [-0.4, -0.2) is 28.4 Å². The first kappa shape index (κ1) is 22.1. The third kappa shape index (κ3) is 5.37. The number of aliphatic carboxylic acids is 1. The molecule has 10 heteroatoms. The molecule has 0 bridgehead atoms. The van der Waals surface area contributed by atoms with Crippen molar-refractivity contribution in [1.29, 1.82) is 0 Å². The molecule has 0 saturated carbocycles. The average molecular weight is 487 g/mol. The maximum absolute atomic E-state index is 11.8. The molecule has 162 valence electrons. The van der Waals surface area contributed by atoms with Gasteiger partial charge in [0.25, 0.3) is 11.1 Å². The topological polar surface area (TPSA) is 98.6 Å². The Morgan fingerprint density at radius 1 is 1.09 bits per heavy atom. The van der Waals surface area contributed by atoms with Gasteiger partial charge in [-0.25, -0.2) is 4.79 Å². The molecule has 0 aliphatic rings. The van der Waals surface area contributed by atoms with Gasteiger partial charge in [-0.1, -0.05) is 41.6 Å². The smallest absolute Gasteiger partial charge is 0.342 e. The minimum atomic E-state index is -1.15. The first-order valence-corrected chi connectivity index (χ1v) is 11.2. The molecule has 0 amide bonds. The van der Waals surface area contributed by atoms with Gasteiger partial charge < -0.3 is 18.7 Å². The number of hydrogen-bond acceptors (Lipinski definition) is 8. The third-order valence-corrected chi connectivity index (χ3v) is 6.06. The Balaban J connectivity index is 1.53. The van der Waals surface area contributed by atoms with Crippen molar-refractivity contribution in [2.45, 2.75) is 15.2 Å². The second-order valence-corrected chi connectivity index (χ2v) is 8.71. The highest BCUT2D eigenvalue weighted by atomic mass is 35.5. The normalized spacial score (nSPS) is 11.5. The van der Waals surface area contributed by atoms with Gasteiger partial charge in [-0.15, -0.1) is 10.2 Å². The summed E-state index contributed by atoms with van der Waals surface area (Å²) in [7, 11) is 1.51. The lowest BCUT2D eigenvalue weighted by atomic mass is 10.2. The molecule has 32 heavy (non-hydrogen) atoms. The number of halogens is 1. The van der Waals surface area contributed by atoms with Gasteiger partial charge in [0.1, 0.15) is 16.4 Å². The lowest BCUT2D eigenvalue weighted by Gasteiger charge is -2.04. The van der Waals surface area contributed by atoms with E-state index in [1.807, 2.05) is 30.3 Å². The van der Waals surface area contributed by atoms with Gasteiger partial charge in [0, 0.05) is 16.0 Å². The number of ether oxygens (including phenoxy) is 1. The highest BCUT2D eigenvalue weighted by Gasteiger charge is 2.19. The number of carboxylic acids is 1. The van der Waals surface area contributed by atoms with E-state index in [2.05, 4.69) is 10.2 Å². The van der Waals surface area contributed by atoms with Crippen molar-refractivity contribution in [3.63, 3.8) is 0 Å². The van der Waals surface area contributed by atoms with E-state index in [0.717, 1.165) is 16.7 Å². The van der Waals surface area contributed by atoms with E-state index in [0.29, 0.717) is 27.2 Å². The SMILES string of the molecule is COc1ccc(Cl)cc1-c1nnc(S/C(=C\c2ccc(Sc3ccccc3)o2)C(=O)O)o1. The number of hydrogen-bond donors (Lipinski definition) is 1. The van der Waals surface area contributed by atoms with E-state index in [1.54, 1.807) is 30.3 Å².